The second-order valence-electron chi connectivity index (χ2n) is 4.05. The first-order valence-corrected chi connectivity index (χ1v) is 7.56. The average Bonchev–Trinajstić information content (AvgIpc) is 2.34. The average molecular weight is 408 g/mol. The van der Waals surface area contributed by atoms with Gasteiger partial charge in [0.25, 0.3) is 0 Å². The van der Waals surface area contributed by atoms with Crippen molar-refractivity contribution in [2.24, 2.45) is 0 Å². The van der Waals surface area contributed by atoms with Crippen LogP contribution in [0.5, 0.6) is 0 Å². The van der Waals surface area contributed by atoms with Gasteiger partial charge < -0.3 is 5.32 Å². The quantitative estimate of drug-likeness (QED) is 0.727. The van der Waals surface area contributed by atoms with E-state index >= 15 is 0 Å². The maximum Gasteiger partial charge on any atom is 0.129 e. The lowest BCUT2D eigenvalue weighted by Gasteiger charge is -2.19. The highest BCUT2D eigenvalue weighted by Gasteiger charge is 2.18. The molecule has 1 N–H and O–H groups in total. The van der Waals surface area contributed by atoms with E-state index in [1.165, 1.54) is 6.07 Å². The Morgan fingerprint density at radius 3 is 2.37 bits per heavy atom. The molecule has 0 amide bonds. The number of hydrogen-bond donors (Lipinski definition) is 1. The Morgan fingerprint density at radius 2 is 1.79 bits per heavy atom. The molecule has 19 heavy (non-hydrogen) atoms. The van der Waals surface area contributed by atoms with Crippen molar-refractivity contribution in [3.63, 3.8) is 0 Å². The maximum absolute atomic E-state index is 14.0. The summed E-state index contributed by atoms with van der Waals surface area (Å²) in [7, 11) is 1.80. The van der Waals surface area contributed by atoms with Crippen LogP contribution in [-0.2, 0) is 0 Å². The van der Waals surface area contributed by atoms with Gasteiger partial charge in [-0.3, -0.25) is 0 Å². The largest absolute Gasteiger partial charge is 0.309 e. The van der Waals surface area contributed by atoms with E-state index in [4.69, 9.17) is 11.6 Å². The van der Waals surface area contributed by atoms with Crippen LogP contribution in [-0.4, -0.2) is 7.05 Å². The van der Waals surface area contributed by atoms with E-state index in [-0.39, 0.29) is 11.9 Å². The Hall–Kier alpha value is -0.420. The Labute approximate surface area is 133 Å². The van der Waals surface area contributed by atoms with Crippen molar-refractivity contribution < 1.29 is 4.39 Å². The van der Waals surface area contributed by atoms with Crippen molar-refractivity contribution in [1.29, 1.82) is 0 Å². The van der Waals surface area contributed by atoms with Gasteiger partial charge in [0.15, 0.2) is 0 Å². The third kappa shape index (κ3) is 3.37. The van der Waals surface area contributed by atoms with Crippen molar-refractivity contribution in [1.82, 2.24) is 5.32 Å². The third-order valence-electron chi connectivity index (χ3n) is 2.84. The summed E-state index contributed by atoms with van der Waals surface area (Å²) in [5.74, 6) is -0.318. The van der Waals surface area contributed by atoms with Crippen molar-refractivity contribution in [3.05, 3.63) is 67.3 Å². The van der Waals surface area contributed by atoms with Crippen LogP contribution in [0.1, 0.15) is 17.2 Å². The lowest BCUT2D eigenvalue weighted by atomic mass is 9.98. The van der Waals surface area contributed by atoms with Crippen LogP contribution in [0.4, 0.5) is 4.39 Å². The van der Waals surface area contributed by atoms with E-state index in [0.29, 0.717) is 10.6 Å². The molecular formula is C14H11Br2ClFN. The molecule has 1 nitrogen and oxygen atoms in total. The molecule has 5 heteroatoms. The summed E-state index contributed by atoms with van der Waals surface area (Å²) in [6.07, 6.45) is 0. The van der Waals surface area contributed by atoms with Crippen molar-refractivity contribution in [3.8, 4) is 0 Å². The first-order valence-electron chi connectivity index (χ1n) is 5.60. The number of benzene rings is 2. The van der Waals surface area contributed by atoms with Gasteiger partial charge in [0.2, 0.25) is 0 Å². The van der Waals surface area contributed by atoms with Gasteiger partial charge in [0.1, 0.15) is 5.82 Å². The molecule has 1 unspecified atom stereocenters. The number of nitrogens with one attached hydrogen (secondary N) is 1. The normalized spacial score (nSPS) is 12.5. The summed E-state index contributed by atoms with van der Waals surface area (Å²) < 4.78 is 15.9. The molecule has 0 aliphatic heterocycles. The highest BCUT2D eigenvalue weighted by molar-refractivity contribution is 9.11. The molecule has 0 spiro atoms. The third-order valence-corrected chi connectivity index (χ3v) is 4.25. The molecule has 0 saturated carbocycles. The topological polar surface area (TPSA) is 12.0 Å². The molecule has 0 aliphatic rings. The summed E-state index contributed by atoms with van der Waals surface area (Å²) in [6.45, 7) is 0. The van der Waals surface area contributed by atoms with Crippen molar-refractivity contribution in [2.45, 2.75) is 6.04 Å². The lowest BCUT2D eigenvalue weighted by molar-refractivity contribution is 0.575. The van der Waals surface area contributed by atoms with Crippen LogP contribution < -0.4 is 5.32 Å². The van der Waals surface area contributed by atoms with E-state index in [2.05, 4.69) is 37.2 Å². The van der Waals surface area contributed by atoms with E-state index < -0.39 is 0 Å². The molecular weight excluding hydrogens is 396 g/mol. The SMILES string of the molecule is CNC(c1ccc(Cl)cc1F)c1ccc(Br)cc1Br. The maximum atomic E-state index is 14.0. The van der Waals surface area contributed by atoms with Crippen LogP contribution in [0.2, 0.25) is 5.02 Å². The zero-order valence-electron chi connectivity index (χ0n) is 10.1. The van der Waals surface area contributed by atoms with Gasteiger partial charge in [-0.15, -0.1) is 0 Å². The highest BCUT2D eigenvalue weighted by Crippen LogP contribution is 2.32. The molecule has 2 rings (SSSR count). The lowest BCUT2D eigenvalue weighted by Crippen LogP contribution is -2.19. The van der Waals surface area contributed by atoms with Crippen LogP contribution in [0, 0.1) is 5.82 Å². The van der Waals surface area contributed by atoms with Gasteiger partial charge in [0.05, 0.1) is 6.04 Å². The molecule has 0 radical (unpaired) electrons. The van der Waals surface area contributed by atoms with Gasteiger partial charge in [-0.25, -0.2) is 4.39 Å². The molecule has 2 aromatic carbocycles. The Balaban J connectivity index is 2.50. The molecule has 0 aliphatic carbocycles. The second-order valence-corrected chi connectivity index (χ2v) is 6.26. The zero-order chi connectivity index (χ0) is 14.0. The first-order chi connectivity index (χ1) is 9.02. The molecule has 100 valence electrons. The Bertz CT molecular complexity index is 552. The summed E-state index contributed by atoms with van der Waals surface area (Å²) in [5, 5.41) is 3.52. The van der Waals surface area contributed by atoms with Crippen LogP contribution in [0.25, 0.3) is 0 Å². The first kappa shape index (κ1) is 15.0. The van der Waals surface area contributed by atoms with Crippen LogP contribution in [0.15, 0.2) is 45.3 Å². The molecule has 0 fully saturated rings. The summed E-state index contributed by atoms with van der Waals surface area (Å²) >= 11 is 12.7. The van der Waals surface area contributed by atoms with E-state index in [0.717, 1.165) is 14.5 Å². The molecule has 0 aromatic heterocycles. The molecule has 2 aromatic rings. The van der Waals surface area contributed by atoms with Crippen LogP contribution in [0.3, 0.4) is 0 Å². The predicted octanol–water partition coefficient (Wildman–Crippen LogP) is 5.31. The van der Waals surface area contributed by atoms with Gasteiger partial charge in [-0.1, -0.05) is 55.6 Å². The van der Waals surface area contributed by atoms with Gasteiger partial charge in [-0.2, -0.15) is 0 Å². The number of halogens is 4. The summed E-state index contributed by atoms with van der Waals surface area (Å²) in [6, 6.07) is 10.3. The van der Waals surface area contributed by atoms with Crippen molar-refractivity contribution in [2.75, 3.05) is 7.05 Å². The fraction of sp³-hybridized carbons (Fsp3) is 0.143. The number of hydrogen-bond acceptors (Lipinski definition) is 1. The molecule has 0 bridgehead atoms. The summed E-state index contributed by atoms with van der Waals surface area (Å²) in [4.78, 5) is 0. The molecule has 0 heterocycles. The zero-order valence-corrected chi connectivity index (χ0v) is 14.0. The van der Waals surface area contributed by atoms with Crippen LogP contribution >= 0.6 is 43.5 Å². The molecule has 1 atom stereocenters. The van der Waals surface area contributed by atoms with E-state index in [1.54, 1.807) is 19.2 Å². The summed E-state index contributed by atoms with van der Waals surface area (Å²) in [5.41, 5.74) is 1.53. The van der Waals surface area contributed by atoms with Gasteiger partial charge >= 0.3 is 0 Å². The fourth-order valence-electron chi connectivity index (χ4n) is 1.95. The van der Waals surface area contributed by atoms with E-state index in [1.807, 2.05) is 18.2 Å². The second kappa shape index (κ2) is 6.35. The van der Waals surface area contributed by atoms with Crippen molar-refractivity contribution >= 4 is 43.5 Å². The standard InChI is InChI=1S/C14H11Br2ClFN/c1-19-14(10-4-2-8(15)6-12(10)16)11-5-3-9(17)7-13(11)18/h2-7,14,19H,1H3. The smallest absolute Gasteiger partial charge is 0.129 e. The van der Waals surface area contributed by atoms with Gasteiger partial charge in [-0.05, 0) is 36.9 Å². The van der Waals surface area contributed by atoms with Gasteiger partial charge in [0, 0.05) is 19.5 Å². The molecule has 0 saturated heterocycles. The minimum atomic E-state index is -0.318. The Morgan fingerprint density at radius 1 is 1.11 bits per heavy atom. The Kier molecular flexibility index (Phi) is 5.01. The highest BCUT2D eigenvalue weighted by atomic mass is 79.9. The monoisotopic (exact) mass is 405 g/mol. The minimum Gasteiger partial charge on any atom is -0.309 e. The fourth-order valence-corrected chi connectivity index (χ4v) is 3.38. The van der Waals surface area contributed by atoms with E-state index in [9.17, 15) is 4.39 Å². The number of rotatable bonds is 3. The predicted molar refractivity (Wildman–Crippen MR) is 84.2 cm³/mol. The minimum absolute atomic E-state index is 0.236.